The molecule has 1 aromatic heterocycles. The Kier molecular flexibility index (Phi) is 5.32. The lowest BCUT2D eigenvalue weighted by molar-refractivity contribution is -0.121. The van der Waals surface area contributed by atoms with E-state index in [0.717, 1.165) is 21.4 Å². The van der Waals surface area contributed by atoms with Crippen molar-refractivity contribution >= 4 is 27.5 Å². The predicted molar refractivity (Wildman–Crippen MR) is 89.0 cm³/mol. The van der Waals surface area contributed by atoms with Gasteiger partial charge in [0.05, 0.1) is 5.71 Å². The number of hydrogen-bond acceptors (Lipinski definition) is 3. The Balaban J connectivity index is 1.91. The first-order valence-corrected chi connectivity index (χ1v) is 7.62. The van der Waals surface area contributed by atoms with Crippen molar-refractivity contribution < 1.29 is 4.79 Å². The lowest BCUT2D eigenvalue weighted by Gasteiger charge is -2.03. The van der Waals surface area contributed by atoms with E-state index in [1.807, 2.05) is 31.2 Å². The minimum Gasteiger partial charge on any atom is -0.302 e. The fourth-order valence-corrected chi connectivity index (χ4v) is 2.23. The lowest BCUT2D eigenvalue weighted by Crippen LogP contribution is -2.20. The molecule has 2 rings (SSSR count). The van der Waals surface area contributed by atoms with Crippen LogP contribution in [0.4, 0.5) is 0 Å². The number of aryl methyl sites for hydroxylation is 1. The molecule has 0 fully saturated rings. The molecule has 0 spiro atoms. The van der Waals surface area contributed by atoms with Crippen LogP contribution < -0.4 is 11.0 Å². The van der Waals surface area contributed by atoms with Crippen molar-refractivity contribution in [3.8, 4) is 0 Å². The first-order valence-electron chi connectivity index (χ1n) is 6.82. The minimum absolute atomic E-state index is 0.181. The van der Waals surface area contributed by atoms with Crippen LogP contribution in [-0.4, -0.2) is 21.8 Å². The summed E-state index contributed by atoms with van der Waals surface area (Å²) in [4.78, 5) is 23.3. The van der Waals surface area contributed by atoms with Gasteiger partial charge in [-0.2, -0.15) is 5.10 Å². The average molecular weight is 365 g/mol. The summed E-state index contributed by atoms with van der Waals surface area (Å²) in [6, 6.07) is 7.66. The van der Waals surface area contributed by atoms with Crippen LogP contribution in [-0.2, 0) is 11.2 Å². The summed E-state index contributed by atoms with van der Waals surface area (Å²) in [7, 11) is 0. The summed E-state index contributed by atoms with van der Waals surface area (Å²) in [5.41, 5.74) is 5.34. The minimum atomic E-state index is -0.225. The van der Waals surface area contributed by atoms with Crippen molar-refractivity contribution in [1.29, 1.82) is 0 Å². The number of aromatic amines is 2. The molecule has 0 atom stereocenters. The van der Waals surface area contributed by atoms with Gasteiger partial charge in [0.15, 0.2) is 0 Å². The largest absolute Gasteiger partial charge is 0.302 e. The summed E-state index contributed by atoms with van der Waals surface area (Å²) in [6.07, 6.45) is 0.586. The molecule has 0 aliphatic heterocycles. The van der Waals surface area contributed by atoms with Crippen molar-refractivity contribution in [2.24, 2.45) is 5.10 Å². The van der Waals surface area contributed by atoms with E-state index >= 15 is 0 Å². The Morgan fingerprint density at radius 2 is 1.95 bits per heavy atom. The number of hydrogen-bond donors (Lipinski definition) is 3. The van der Waals surface area contributed by atoms with Gasteiger partial charge in [0.2, 0.25) is 5.91 Å². The normalized spacial score (nSPS) is 11.5. The number of carbonyl (C=O) groups is 1. The predicted octanol–water partition coefficient (Wildman–Crippen LogP) is 2.25. The van der Waals surface area contributed by atoms with E-state index in [9.17, 15) is 9.59 Å². The maximum absolute atomic E-state index is 11.8. The molecule has 0 aliphatic carbocycles. The third kappa shape index (κ3) is 4.17. The standard InChI is InChI=1S/C15H17BrN4O2/c1-9(11-3-5-12(16)6-4-11)17-19-14(21)8-7-13-10(2)18-20-15(13)22/h3-6H,7-8H2,1-2H3,(H,19,21)(H2,18,20,22)/b17-9-. The second-order valence-electron chi connectivity index (χ2n) is 4.92. The van der Waals surface area contributed by atoms with E-state index < -0.39 is 0 Å². The van der Waals surface area contributed by atoms with Crippen molar-refractivity contribution in [3.63, 3.8) is 0 Å². The van der Waals surface area contributed by atoms with E-state index in [0.29, 0.717) is 12.0 Å². The third-order valence-corrected chi connectivity index (χ3v) is 3.83. The van der Waals surface area contributed by atoms with Gasteiger partial charge in [-0.05, 0) is 38.0 Å². The molecule has 1 amide bonds. The Bertz CT molecular complexity index is 744. The number of hydrazone groups is 1. The number of nitrogens with one attached hydrogen (secondary N) is 3. The number of H-pyrrole nitrogens is 2. The number of aromatic nitrogens is 2. The molecule has 1 heterocycles. The summed E-state index contributed by atoms with van der Waals surface area (Å²) < 4.78 is 0.986. The molecular formula is C15H17BrN4O2. The molecule has 7 heteroatoms. The molecule has 0 unspecified atom stereocenters. The quantitative estimate of drug-likeness (QED) is 0.560. The molecule has 6 nitrogen and oxygen atoms in total. The van der Waals surface area contributed by atoms with Gasteiger partial charge in [-0.3, -0.25) is 14.7 Å². The molecule has 0 aliphatic rings. The van der Waals surface area contributed by atoms with Crippen molar-refractivity contribution in [3.05, 3.63) is 55.9 Å². The molecule has 3 N–H and O–H groups in total. The van der Waals surface area contributed by atoms with Crippen molar-refractivity contribution in [2.75, 3.05) is 0 Å². The number of benzene rings is 1. The van der Waals surface area contributed by atoms with Gasteiger partial charge in [-0.1, -0.05) is 28.1 Å². The van der Waals surface area contributed by atoms with Gasteiger partial charge in [-0.15, -0.1) is 0 Å². The van der Waals surface area contributed by atoms with Gasteiger partial charge in [0, 0.05) is 22.2 Å². The summed E-state index contributed by atoms with van der Waals surface area (Å²) in [5.74, 6) is -0.225. The highest BCUT2D eigenvalue weighted by molar-refractivity contribution is 9.10. The molecule has 1 aromatic carbocycles. The number of nitrogens with zero attached hydrogens (tertiary/aromatic N) is 1. The zero-order valence-electron chi connectivity index (χ0n) is 12.4. The average Bonchev–Trinajstić information content (AvgIpc) is 2.82. The highest BCUT2D eigenvalue weighted by Crippen LogP contribution is 2.11. The van der Waals surface area contributed by atoms with E-state index in [-0.39, 0.29) is 17.9 Å². The van der Waals surface area contributed by atoms with Crippen LogP contribution >= 0.6 is 15.9 Å². The van der Waals surface area contributed by atoms with E-state index in [1.165, 1.54) is 0 Å². The SMILES string of the molecule is C/C(=N/NC(=O)CCc1c(C)[nH][nH]c1=O)c1ccc(Br)cc1. The third-order valence-electron chi connectivity index (χ3n) is 3.30. The highest BCUT2D eigenvalue weighted by Gasteiger charge is 2.09. The second-order valence-corrected chi connectivity index (χ2v) is 5.84. The van der Waals surface area contributed by atoms with Crippen LogP contribution in [0, 0.1) is 6.92 Å². The van der Waals surface area contributed by atoms with E-state index in [4.69, 9.17) is 0 Å². The van der Waals surface area contributed by atoms with Crippen LogP contribution in [0.15, 0.2) is 38.6 Å². The first kappa shape index (κ1) is 16.2. The maximum Gasteiger partial charge on any atom is 0.267 e. The van der Waals surface area contributed by atoms with E-state index in [1.54, 1.807) is 6.92 Å². The number of rotatable bonds is 5. The second kappa shape index (κ2) is 7.22. The molecule has 0 bridgehead atoms. The highest BCUT2D eigenvalue weighted by atomic mass is 79.9. The Labute approximate surface area is 136 Å². The Morgan fingerprint density at radius 1 is 1.27 bits per heavy atom. The lowest BCUT2D eigenvalue weighted by atomic mass is 10.1. The van der Waals surface area contributed by atoms with Gasteiger partial charge in [0.25, 0.3) is 5.56 Å². The van der Waals surface area contributed by atoms with Gasteiger partial charge >= 0.3 is 0 Å². The van der Waals surface area contributed by atoms with Gasteiger partial charge in [-0.25, -0.2) is 5.43 Å². The number of carbonyl (C=O) groups excluding carboxylic acids is 1. The topological polar surface area (TPSA) is 90.1 Å². The van der Waals surface area contributed by atoms with Crippen LogP contribution in [0.1, 0.15) is 30.2 Å². The van der Waals surface area contributed by atoms with Gasteiger partial charge < -0.3 is 5.10 Å². The summed E-state index contributed by atoms with van der Waals surface area (Å²) in [6.45, 7) is 3.62. The molecule has 0 saturated carbocycles. The number of halogens is 1. The molecule has 22 heavy (non-hydrogen) atoms. The molecule has 2 aromatic rings. The fraction of sp³-hybridized carbons (Fsp3) is 0.267. The van der Waals surface area contributed by atoms with Gasteiger partial charge in [0.1, 0.15) is 0 Å². The smallest absolute Gasteiger partial charge is 0.267 e. The molecule has 116 valence electrons. The van der Waals surface area contributed by atoms with E-state index in [2.05, 4.69) is 36.7 Å². The maximum atomic E-state index is 11.8. The molecule has 0 saturated heterocycles. The molecular weight excluding hydrogens is 348 g/mol. The Morgan fingerprint density at radius 3 is 2.55 bits per heavy atom. The first-order chi connectivity index (χ1) is 10.5. The fourth-order valence-electron chi connectivity index (χ4n) is 1.97. The zero-order chi connectivity index (χ0) is 16.1. The summed E-state index contributed by atoms with van der Waals surface area (Å²) >= 11 is 3.37. The molecule has 0 radical (unpaired) electrons. The van der Waals surface area contributed by atoms with Crippen molar-refractivity contribution in [2.45, 2.75) is 26.7 Å². The van der Waals surface area contributed by atoms with Crippen LogP contribution in [0.5, 0.6) is 0 Å². The summed E-state index contributed by atoms with van der Waals surface area (Å²) in [5, 5.41) is 9.31. The van der Waals surface area contributed by atoms with Crippen LogP contribution in [0.25, 0.3) is 0 Å². The van der Waals surface area contributed by atoms with Crippen LogP contribution in [0.2, 0.25) is 0 Å². The number of amides is 1. The Hall–Kier alpha value is -2.15. The zero-order valence-corrected chi connectivity index (χ0v) is 14.0. The van der Waals surface area contributed by atoms with Crippen molar-refractivity contribution in [1.82, 2.24) is 15.6 Å². The van der Waals surface area contributed by atoms with Crippen LogP contribution in [0.3, 0.4) is 0 Å². The monoisotopic (exact) mass is 364 g/mol.